The summed E-state index contributed by atoms with van der Waals surface area (Å²) in [6, 6.07) is 5.92. The van der Waals surface area contributed by atoms with Crippen molar-refractivity contribution in [3.63, 3.8) is 0 Å². The average molecular weight is 223 g/mol. The second kappa shape index (κ2) is 7.06. The van der Waals surface area contributed by atoms with Gasteiger partial charge in [-0.15, -0.1) is 0 Å². The molecule has 0 aliphatic heterocycles. The number of anilines is 2. The van der Waals surface area contributed by atoms with E-state index < -0.39 is 0 Å². The topological polar surface area (TPSA) is 46.2 Å². The van der Waals surface area contributed by atoms with Crippen molar-refractivity contribution in [1.82, 2.24) is 4.98 Å². The molecule has 0 bridgehead atoms. The maximum absolute atomic E-state index is 5.16. The van der Waals surface area contributed by atoms with Crippen molar-refractivity contribution in [3.8, 4) is 0 Å². The van der Waals surface area contributed by atoms with Gasteiger partial charge in [0.15, 0.2) is 0 Å². The Hall–Kier alpha value is -1.29. The first-order valence-electron chi connectivity index (χ1n) is 5.73. The van der Waals surface area contributed by atoms with Crippen LogP contribution in [0.4, 0.5) is 11.6 Å². The number of aromatic nitrogens is 1. The molecule has 0 amide bonds. The number of ether oxygens (including phenoxy) is 1. The number of nitrogens with zero attached hydrogens (tertiary/aromatic N) is 1. The molecule has 0 saturated heterocycles. The van der Waals surface area contributed by atoms with Crippen LogP contribution in [0.5, 0.6) is 0 Å². The molecule has 1 unspecified atom stereocenters. The Kier molecular flexibility index (Phi) is 5.64. The molecule has 16 heavy (non-hydrogen) atoms. The third-order valence-electron chi connectivity index (χ3n) is 2.28. The summed E-state index contributed by atoms with van der Waals surface area (Å²) in [6.07, 6.45) is 1.29. The number of nitrogens with one attached hydrogen (secondary N) is 2. The number of hydrogen-bond acceptors (Lipinski definition) is 4. The molecule has 1 atom stereocenters. The molecule has 0 aliphatic rings. The summed E-state index contributed by atoms with van der Waals surface area (Å²) in [6.45, 7) is 5.87. The minimum absolute atomic E-state index is 0.189. The lowest BCUT2D eigenvalue weighted by Gasteiger charge is -2.12. The van der Waals surface area contributed by atoms with Crippen LogP contribution in [0.1, 0.15) is 20.3 Å². The van der Waals surface area contributed by atoms with Crippen LogP contribution < -0.4 is 10.6 Å². The van der Waals surface area contributed by atoms with Gasteiger partial charge in [-0.25, -0.2) is 4.98 Å². The lowest BCUT2D eigenvalue weighted by Crippen LogP contribution is -2.18. The molecule has 1 aromatic heterocycles. The lowest BCUT2D eigenvalue weighted by atomic mass is 10.3. The van der Waals surface area contributed by atoms with E-state index in [9.17, 15) is 0 Å². The summed E-state index contributed by atoms with van der Waals surface area (Å²) in [5.41, 5.74) is 0. The second-order valence-corrected chi connectivity index (χ2v) is 3.76. The highest BCUT2D eigenvalue weighted by Crippen LogP contribution is 2.09. The van der Waals surface area contributed by atoms with Gasteiger partial charge in [0, 0.05) is 20.2 Å². The van der Waals surface area contributed by atoms with Gasteiger partial charge in [0.25, 0.3) is 0 Å². The Morgan fingerprint density at radius 3 is 2.62 bits per heavy atom. The monoisotopic (exact) mass is 223 g/mol. The SMILES string of the molecule is CCCNc1cccc(NCC(C)OC)n1. The van der Waals surface area contributed by atoms with E-state index in [1.165, 1.54) is 0 Å². The predicted octanol–water partition coefficient (Wildman–Crippen LogP) is 2.35. The summed E-state index contributed by atoms with van der Waals surface area (Å²) < 4.78 is 5.16. The van der Waals surface area contributed by atoms with Crippen molar-refractivity contribution < 1.29 is 4.74 Å². The highest BCUT2D eigenvalue weighted by Gasteiger charge is 2.00. The van der Waals surface area contributed by atoms with Crippen molar-refractivity contribution in [3.05, 3.63) is 18.2 Å². The molecule has 0 aliphatic carbocycles. The van der Waals surface area contributed by atoms with Crippen LogP contribution >= 0.6 is 0 Å². The van der Waals surface area contributed by atoms with Crippen LogP contribution in [0.2, 0.25) is 0 Å². The van der Waals surface area contributed by atoms with Gasteiger partial charge in [0.05, 0.1) is 6.10 Å². The quantitative estimate of drug-likeness (QED) is 0.745. The van der Waals surface area contributed by atoms with Gasteiger partial charge in [0.1, 0.15) is 11.6 Å². The Balaban J connectivity index is 2.46. The van der Waals surface area contributed by atoms with Crippen molar-refractivity contribution in [2.24, 2.45) is 0 Å². The van der Waals surface area contributed by atoms with E-state index >= 15 is 0 Å². The summed E-state index contributed by atoms with van der Waals surface area (Å²) in [5, 5.41) is 6.49. The van der Waals surface area contributed by atoms with Gasteiger partial charge in [-0.3, -0.25) is 0 Å². The molecule has 1 rings (SSSR count). The summed E-state index contributed by atoms with van der Waals surface area (Å²) >= 11 is 0. The molecule has 0 saturated carbocycles. The zero-order chi connectivity index (χ0) is 11.8. The van der Waals surface area contributed by atoms with E-state index in [0.717, 1.165) is 31.1 Å². The normalized spacial score (nSPS) is 12.2. The van der Waals surface area contributed by atoms with Crippen LogP contribution in [-0.2, 0) is 4.74 Å². The molecule has 0 aromatic carbocycles. The molecule has 1 heterocycles. The molecule has 4 nitrogen and oxygen atoms in total. The fraction of sp³-hybridized carbons (Fsp3) is 0.583. The third-order valence-corrected chi connectivity index (χ3v) is 2.28. The maximum atomic E-state index is 5.16. The molecule has 90 valence electrons. The maximum Gasteiger partial charge on any atom is 0.128 e. The van der Waals surface area contributed by atoms with E-state index in [-0.39, 0.29) is 6.10 Å². The van der Waals surface area contributed by atoms with Gasteiger partial charge in [-0.2, -0.15) is 0 Å². The van der Waals surface area contributed by atoms with Gasteiger partial charge < -0.3 is 15.4 Å². The highest BCUT2D eigenvalue weighted by molar-refractivity contribution is 5.45. The first kappa shape index (κ1) is 12.8. The lowest BCUT2D eigenvalue weighted by molar-refractivity contribution is 0.128. The molecule has 0 radical (unpaired) electrons. The van der Waals surface area contributed by atoms with E-state index in [1.54, 1.807) is 7.11 Å². The Labute approximate surface area is 97.4 Å². The van der Waals surface area contributed by atoms with E-state index in [0.29, 0.717) is 0 Å². The van der Waals surface area contributed by atoms with Crippen LogP contribution in [0.15, 0.2) is 18.2 Å². The fourth-order valence-corrected chi connectivity index (χ4v) is 1.22. The molecule has 4 heteroatoms. The molecular weight excluding hydrogens is 202 g/mol. The minimum Gasteiger partial charge on any atom is -0.380 e. The smallest absolute Gasteiger partial charge is 0.128 e. The zero-order valence-electron chi connectivity index (χ0n) is 10.3. The van der Waals surface area contributed by atoms with E-state index in [4.69, 9.17) is 4.74 Å². The Bertz CT molecular complexity index is 304. The van der Waals surface area contributed by atoms with Crippen molar-refractivity contribution in [2.45, 2.75) is 26.4 Å². The summed E-state index contributed by atoms with van der Waals surface area (Å²) in [4.78, 5) is 4.44. The largest absolute Gasteiger partial charge is 0.380 e. The number of methoxy groups -OCH3 is 1. The summed E-state index contributed by atoms with van der Waals surface area (Å²) in [7, 11) is 1.71. The van der Waals surface area contributed by atoms with E-state index in [1.807, 2.05) is 25.1 Å². The third kappa shape index (κ3) is 4.49. The van der Waals surface area contributed by atoms with Gasteiger partial charge >= 0.3 is 0 Å². The van der Waals surface area contributed by atoms with Gasteiger partial charge in [0.2, 0.25) is 0 Å². The number of pyridine rings is 1. The first-order chi connectivity index (χ1) is 7.76. The van der Waals surface area contributed by atoms with Crippen LogP contribution in [0, 0.1) is 0 Å². The minimum atomic E-state index is 0.189. The fourth-order valence-electron chi connectivity index (χ4n) is 1.22. The van der Waals surface area contributed by atoms with Crippen molar-refractivity contribution in [2.75, 3.05) is 30.8 Å². The highest BCUT2D eigenvalue weighted by atomic mass is 16.5. The standard InChI is InChI=1S/C12H21N3O/c1-4-8-13-11-6-5-7-12(15-11)14-9-10(2)16-3/h5-7,10H,4,8-9H2,1-3H3,(H2,13,14,15). The number of hydrogen-bond donors (Lipinski definition) is 2. The van der Waals surface area contributed by atoms with Crippen LogP contribution in [0.25, 0.3) is 0 Å². The molecule has 1 aromatic rings. The molecule has 0 fully saturated rings. The Morgan fingerprint density at radius 1 is 1.31 bits per heavy atom. The van der Waals surface area contributed by atoms with Crippen molar-refractivity contribution >= 4 is 11.6 Å². The first-order valence-corrected chi connectivity index (χ1v) is 5.73. The van der Waals surface area contributed by atoms with Crippen molar-refractivity contribution in [1.29, 1.82) is 0 Å². The predicted molar refractivity (Wildman–Crippen MR) is 68.0 cm³/mol. The Morgan fingerprint density at radius 2 is 2.00 bits per heavy atom. The zero-order valence-corrected chi connectivity index (χ0v) is 10.3. The molecule has 2 N–H and O–H groups in total. The number of rotatable bonds is 7. The van der Waals surface area contributed by atoms with E-state index in [2.05, 4.69) is 22.5 Å². The molecular formula is C12H21N3O. The second-order valence-electron chi connectivity index (χ2n) is 3.76. The van der Waals surface area contributed by atoms with Crippen LogP contribution in [0.3, 0.4) is 0 Å². The summed E-state index contributed by atoms with van der Waals surface area (Å²) in [5.74, 6) is 1.79. The molecule has 0 spiro atoms. The van der Waals surface area contributed by atoms with Gasteiger partial charge in [-0.1, -0.05) is 13.0 Å². The van der Waals surface area contributed by atoms with Crippen LogP contribution in [-0.4, -0.2) is 31.3 Å². The van der Waals surface area contributed by atoms with Gasteiger partial charge in [-0.05, 0) is 25.5 Å². The average Bonchev–Trinajstić information content (AvgIpc) is 2.34.